The second-order valence-electron chi connectivity index (χ2n) is 6.49. The molecule has 0 spiro atoms. The molecule has 0 saturated heterocycles. The summed E-state index contributed by atoms with van der Waals surface area (Å²) in [5, 5.41) is 2.88. The van der Waals surface area contributed by atoms with Crippen LogP contribution < -0.4 is 5.32 Å². The van der Waals surface area contributed by atoms with Crippen molar-refractivity contribution in [2.75, 3.05) is 13.6 Å². The summed E-state index contributed by atoms with van der Waals surface area (Å²) in [6.45, 7) is 3.15. The van der Waals surface area contributed by atoms with Crippen molar-refractivity contribution < 1.29 is 9.59 Å². The summed E-state index contributed by atoms with van der Waals surface area (Å²) in [6, 6.07) is 15.1. The number of nitrogens with one attached hydrogen (secondary N) is 1. The Balaban J connectivity index is 1.85. The van der Waals surface area contributed by atoms with Crippen LogP contribution >= 0.6 is 0 Å². The molecule has 0 aliphatic heterocycles. The molecule has 27 heavy (non-hydrogen) atoms. The van der Waals surface area contributed by atoms with Gasteiger partial charge in [-0.15, -0.1) is 0 Å². The Labute approximate surface area is 158 Å². The number of carbonyl (C=O) groups is 2. The highest BCUT2D eigenvalue weighted by atomic mass is 16.2. The molecule has 2 heterocycles. The lowest BCUT2D eigenvalue weighted by Crippen LogP contribution is -2.28. The van der Waals surface area contributed by atoms with Gasteiger partial charge in [-0.2, -0.15) is 0 Å². The van der Waals surface area contributed by atoms with E-state index in [1.165, 1.54) is 0 Å². The molecule has 0 fully saturated rings. The maximum absolute atomic E-state index is 12.8. The molecule has 0 unspecified atom stereocenters. The third-order valence-electron chi connectivity index (χ3n) is 4.44. The first kappa shape index (κ1) is 18.6. The number of hydrogen-bond acceptors (Lipinski definition) is 3. The Kier molecular flexibility index (Phi) is 5.86. The van der Waals surface area contributed by atoms with Gasteiger partial charge >= 0.3 is 0 Å². The lowest BCUT2D eigenvalue weighted by atomic mass is 10.2. The van der Waals surface area contributed by atoms with E-state index in [-0.39, 0.29) is 17.6 Å². The number of carbonyl (C=O) groups excluding carboxylic acids is 2. The van der Waals surface area contributed by atoms with Gasteiger partial charge in [0.15, 0.2) is 5.69 Å². The Morgan fingerprint density at radius 1 is 1.11 bits per heavy atom. The topological polar surface area (TPSA) is 66.7 Å². The number of hydrogen-bond donors (Lipinski definition) is 1. The molecule has 0 saturated carbocycles. The first-order valence-electron chi connectivity index (χ1n) is 9.16. The SMILES string of the molecule is CCCCN(C)C(=O)c1nc(C(=O)NCc2ccccc2)n2ccccc12. The number of rotatable bonds is 7. The minimum Gasteiger partial charge on any atom is -0.345 e. The summed E-state index contributed by atoms with van der Waals surface area (Å²) in [5.74, 6) is -0.265. The second kappa shape index (κ2) is 8.49. The fourth-order valence-corrected chi connectivity index (χ4v) is 2.89. The largest absolute Gasteiger partial charge is 0.345 e. The van der Waals surface area contributed by atoms with Crippen molar-refractivity contribution in [3.8, 4) is 0 Å². The average Bonchev–Trinajstić information content (AvgIpc) is 3.10. The average molecular weight is 364 g/mol. The van der Waals surface area contributed by atoms with Crippen LogP contribution in [0.2, 0.25) is 0 Å². The fourth-order valence-electron chi connectivity index (χ4n) is 2.89. The number of nitrogens with zero attached hydrogens (tertiary/aromatic N) is 3. The molecule has 1 aromatic carbocycles. The van der Waals surface area contributed by atoms with E-state index >= 15 is 0 Å². The zero-order valence-electron chi connectivity index (χ0n) is 15.7. The minimum absolute atomic E-state index is 0.172. The first-order valence-corrected chi connectivity index (χ1v) is 9.16. The van der Waals surface area contributed by atoms with Gasteiger partial charge in [0.1, 0.15) is 0 Å². The molecule has 6 nitrogen and oxygen atoms in total. The molecule has 3 rings (SSSR count). The predicted molar refractivity (Wildman–Crippen MR) is 105 cm³/mol. The van der Waals surface area contributed by atoms with E-state index < -0.39 is 0 Å². The lowest BCUT2D eigenvalue weighted by Gasteiger charge is -2.15. The van der Waals surface area contributed by atoms with Gasteiger partial charge in [-0.3, -0.25) is 14.0 Å². The highest BCUT2D eigenvalue weighted by molar-refractivity contribution is 6.02. The summed E-state index contributed by atoms with van der Waals surface area (Å²) in [6.07, 6.45) is 3.69. The van der Waals surface area contributed by atoms with E-state index in [0.29, 0.717) is 24.3 Å². The minimum atomic E-state index is -0.310. The van der Waals surface area contributed by atoms with Crippen molar-refractivity contribution in [2.24, 2.45) is 0 Å². The van der Waals surface area contributed by atoms with Crippen LogP contribution in [0.1, 0.15) is 46.4 Å². The van der Waals surface area contributed by atoms with Crippen molar-refractivity contribution in [2.45, 2.75) is 26.3 Å². The molecular formula is C21H24N4O2. The fraction of sp³-hybridized carbons (Fsp3) is 0.286. The molecule has 3 aromatic rings. The number of pyridine rings is 1. The molecule has 0 aliphatic rings. The Morgan fingerprint density at radius 2 is 1.85 bits per heavy atom. The molecule has 0 radical (unpaired) electrons. The molecule has 2 amide bonds. The zero-order valence-corrected chi connectivity index (χ0v) is 15.7. The summed E-state index contributed by atoms with van der Waals surface area (Å²) in [4.78, 5) is 31.5. The number of fused-ring (bicyclic) bond motifs is 1. The van der Waals surface area contributed by atoms with Gasteiger partial charge in [0.2, 0.25) is 5.82 Å². The van der Waals surface area contributed by atoms with Gasteiger partial charge in [-0.05, 0) is 24.1 Å². The van der Waals surface area contributed by atoms with Gasteiger partial charge in [0, 0.05) is 26.3 Å². The van der Waals surface area contributed by atoms with Crippen LogP contribution in [0.3, 0.4) is 0 Å². The molecule has 0 aliphatic carbocycles. The lowest BCUT2D eigenvalue weighted by molar-refractivity contribution is 0.0790. The highest BCUT2D eigenvalue weighted by Crippen LogP contribution is 2.15. The van der Waals surface area contributed by atoms with Crippen molar-refractivity contribution >= 4 is 17.3 Å². The maximum atomic E-state index is 12.8. The summed E-state index contributed by atoms with van der Waals surface area (Å²) in [5.41, 5.74) is 1.94. The van der Waals surface area contributed by atoms with E-state index in [4.69, 9.17) is 0 Å². The predicted octanol–water partition coefficient (Wildman–Crippen LogP) is 3.14. The van der Waals surface area contributed by atoms with Crippen molar-refractivity contribution in [3.63, 3.8) is 0 Å². The van der Waals surface area contributed by atoms with Crippen LogP contribution in [-0.4, -0.2) is 39.7 Å². The number of benzene rings is 1. The monoisotopic (exact) mass is 364 g/mol. The molecule has 2 aromatic heterocycles. The molecular weight excluding hydrogens is 340 g/mol. The second-order valence-corrected chi connectivity index (χ2v) is 6.49. The van der Waals surface area contributed by atoms with Crippen LogP contribution in [-0.2, 0) is 6.54 Å². The van der Waals surface area contributed by atoms with Gasteiger partial charge in [0.05, 0.1) is 5.52 Å². The van der Waals surface area contributed by atoms with Gasteiger partial charge in [0.25, 0.3) is 11.8 Å². The molecule has 6 heteroatoms. The summed E-state index contributed by atoms with van der Waals surface area (Å²) in [7, 11) is 1.77. The van der Waals surface area contributed by atoms with Crippen LogP contribution in [0.4, 0.5) is 0 Å². The molecule has 0 bridgehead atoms. The normalized spacial score (nSPS) is 10.7. The van der Waals surface area contributed by atoms with Gasteiger partial charge < -0.3 is 10.2 Å². The quantitative estimate of drug-likeness (QED) is 0.700. The van der Waals surface area contributed by atoms with Gasteiger partial charge in [-0.1, -0.05) is 49.7 Å². The van der Waals surface area contributed by atoms with E-state index in [1.807, 2.05) is 48.5 Å². The first-order chi connectivity index (χ1) is 13.1. The number of imidazole rings is 1. The number of unbranched alkanes of at least 4 members (excludes halogenated alkanes) is 1. The maximum Gasteiger partial charge on any atom is 0.287 e. The van der Waals surface area contributed by atoms with Crippen LogP contribution in [0, 0.1) is 0 Å². The Bertz CT molecular complexity index is 934. The zero-order chi connectivity index (χ0) is 19.2. The molecule has 1 N–H and O–H groups in total. The van der Waals surface area contributed by atoms with Crippen LogP contribution in [0.15, 0.2) is 54.7 Å². The van der Waals surface area contributed by atoms with E-state index in [1.54, 1.807) is 22.5 Å². The van der Waals surface area contributed by atoms with Crippen LogP contribution in [0.25, 0.3) is 5.52 Å². The van der Waals surface area contributed by atoms with E-state index in [2.05, 4.69) is 17.2 Å². The number of aromatic nitrogens is 2. The van der Waals surface area contributed by atoms with Crippen molar-refractivity contribution in [1.29, 1.82) is 0 Å². The Morgan fingerprint density at radius 3 is 2.59 bits per heavy atom. The van der Waals surface area contributed by atoms with Crippen molar-refractivity contribution in [1.82, 2.24) is 19.6 Å². The summed E-state index contributed by atoms with van der Waals surface area (Å²) >= 11 is 0. The molecule has 140 valence electrons. The standard InChI is InChI=1S/C21H24N4O2/c1-3-4-13-24(2)21(27)18-17-12-8-9-14-25(17)19(23-18)20(26)22-15-16-10-6-5-7-11-16/h5-12,14H,3-4,13,15H2,1-2H3,(H,22,26). The van der Waals surface area contributed by atoms with Gasteiger partial charge in [-0.25, -0.2) is 4.98 Å². The third kappa shape index (κ3) is 4.16. The smallest absolute Gasteiger partial charge is 0.287 e. The molecule has 0 atom stereocenters. The number of amides is 2. The third-order valence-corrected chi connectivity index (χ3v) is 4.44. The summed E-state index contributed by atoms with van der Waals surface area (Å²) < 4.78 is 1.67. The Hall–Kier alpha value is -3.15. The van der Waals surface area contributed by atoms with E-state index in [0.717, 1.165) is 18.4 Å². The van der Waals surface area contributed by atoms with Crippen LogP contribution in [0.5, 0.6) is 0 Å². The van der Waals surface area contributed by atoms with Crippen molar-refractivity contribution in [3.05, 3.63) is 71.8 Å². The highest BCUT2D eigenvalue weighted by Gasteiger charge is 2.23. The van der Waals surface area contributed by atoms with E-state index in [9.17, 15) is 9.59 Å².